The van der Waals surface area contributed by atoms with Gasteiger partial charge < -0.3 is 15.7 Å². The van der Waals surface area contributed by atoms with E-state index in [0.29, 0.717) is 11.3 Å². The van der Waals surface area contributed by atoms with Crippen molar-refractivity contribution in [3.05, 3.63) is 0 Å². The zero-order valence-corrected chi connectivity index (χ0v) is 11.8. The Bertz CT molecular complexity index is 299. The zero-order valence-electron chi connectivity index (χ0n) is 10.9. The number of nitrogens with one attached hydrogen (secondary N) is 2. The minimum atomic E-state index is -0.991. The quantitative estimate of drug-likeness (QED) is 0.669. The number of aliphatic carboxylic acids is 1. The van der Waals surface area contributed by atoms with Gasteiger partial charge in [-0.2, -0.15) is 11.8 Å². The Hall–Kier alpha value is -0.750. The van der Waals surface area contributed by atoms with Gasteiger partial charge in [-0.25, -0.2) is 4.79 Å². The van der Waals surface area contributed by atoms with Gasteiger partial charge in [0.15, 0.2) is 0 Å². The number of carbonyl (C=O) groups excluding carboxylic acids is 1. The number of amides is 1. The van der Waals surface area contributed by atoms with Crippen LogP contribution in [0.15, 0.2) is 0 Å². The van der Waals surface area contributed by atoms with E-state index >= 15 is 0 Å². The molecule has 0 saturated heterocycles. The third-order valence-electron chi connectivity index (χ3n) is 3.27. The normalized spacial score (nSPS) is 25.4. The summed E-state index contributed by atoms with van der Waals surface area (Å²) in [7, 11) is 0. The first-order valence-corrected chi connectivity index (χ1v) is 7.59. The van der Waals surface area contributed by atoms with Crippen LogP contribution in [0.3, 0.4) is 0 Å². The highest BCUT2D eigenvalue weighted by Gasteiger charge is 2.26. The molecule has 0 aromatic carbocycles. The fraction of sp³-hybridized carbons (Fsp3) is 0.833. The van der Waals surface area contributed by atoms with E-state index in [2.05, 4.69) is 16.9 Å². The minimum absolute atomic E-state index is 0.288. The molecule has 1 amide bonds. The Balaban J connectivity index is 2.44. The highest BCUT2D eigenvalue weighted by Crippen LogP contribution is 2.26. The first-order valence-electron chi connectivity index (χ1n) is 6.30. The number of thioether (sulfide) groups is 1. The molecular formula is C12H22N2O3S. The zero-order chi connectivity index (χ0) is 13.5. The molecular weight excluding hydrogens is 252 g/mol. The number of carbonyl (C=O) groups is 2. The first kappa shape index (κ1) is 15.3. The largest absolute Gasteiger partial charge is 0.480 e. The van der Waals surface area contributed by atoms with Crippen molar-refractivity contribution in [3.63, 3.8) is 0 Å². The highest BCUT2D eigenvalue weighted by atomic mass is 32.2. The lowest BCUT2D eigenvalue weighted by Gasteiger charge is -2.32. The van der Waals surface area contributed by atoms with Gasteiger partial charge in [0.25, 0.3) is 0 Å². The van der Waals surface area contributed by atoms with Crippen LogP contribution in [-0.4, -0.2) is 47.1 Å². The number of carboxylic acid groups (broad SMARTS) is 1. The van der Waals surface area contributed by atoms with E-state index < -0.39 is 12.0 Å². The van der Waals surface area contributed by atoms with Gasteiger partial charge in [-0.15, -0.1) is 0 Å². The second kappa shape index (κ2) is 7.63. The Morgan fingerprint density at radius 3 is 2.61 bits per heavy atom. The van der Waals surface area contributed by atoms with E-state index in [0.717, 1.165) is 6.42 Å². The lowest BCUT2D eigenvalue weighted by molar-refractivity contribution is -0.141. The number of rotatable bonds is 6. The molecule has 0 radical (unpaired) electrons. The second-order valence-electron chi connectivity index (χ2n) is 4.66. The summed E-state index contributed by atoms with van der Waals surface area (Å²) in [5, 5.41) is 15.3. The molecule has 0 bridgehead atoms. The Morgan fingerprint density at radius 2 is 2.06 bits per heavy atom. The van der Waals surface area contributed by atoms with Gasteiger partial charge in [0.05, 0.1) is 0 Å². The predicted octanol–water partition coefficient (Wildman–Crippen LogP) is 0.839. The third kappa shape index (κ3) is 4.86. The van der Waals surface area contributed by atoms with Crippen molar-refractivity contribution >= 4 is 23.6 Å². The summed E-state index contributed by atoms with van der Waals surface area (Å²) in [5.74, 6) is -1.30. The van der Waals surface area contributed by atoms with Crippen molar-refractivity contribution in [2.45, 2.75) is 49.9 Å². The summed E-state index contributed by atoms with van der Waals surface area (Å²) in [4.78, 5) is 21.9. The van der Waals surface area contributed by atoms with E-state index in [9.17, 15) is 9.59 Å². The molecule has 0 aromatic heterocycles. The molecule has 18 heavy (non-hydrogen) atoms. The SMILES string of the molecule is CSC1CCCCC1NCC(NC(C)=O)C(=O)O. The highest BCUT2D eigenvalue weighted by molar-refractivity contribution is 7.99. The molecule has 1 aliphatic rings. The molecule has 0 heterocycles. The average molecular weight is 274 g/mol. The smallest absolute Gasteiger partial charge is 0.327 e. The molecule has 1 saturated carbocycles. The molecule has 5 nitrogen and oxygen atoms in total. The Kier molecular flexibility index (Phi) is 6.49. The lowest BCUT2D eigenvalue weighted by atomic mass is 9.94. The standard InChI is InChI=1S/C12H22N2O3S/c1-8(15)14-10(12(16)17)7-13-9-5-3-4-6-11(9)18-2/h9-11,13H,3-7H2,1-2H3,(H,14,15)(H,16,17). The van der Waals surface area contributed by atoms with Crippen molar-refractivity contribution in [1.29, 1.82) is 0 Å². The van der Waals surface area contributed by atoms with Crippen LogP contribution in [0.2, 0.25) is 0 Å². The van der Waals surface area contributed by atoms with E-state index in [1.54, 1.807) is 0 Å². The van der Waals surface area contributed by atoms with E-state index in [4.69, 9.17) is 5.11 Å². The molecule has 0 spiro atoms. The van der Waals surface area contributed by atoms with E-state index in [1.807, 2.05) is 11.8 Å². The van der Waals surface area contributed by atoms with Gasteiger partial charge in [-0.1, -0.05) is 12.8 Å². The number of hydrogen-bond acceptors (Lipinski definition) is 4. The van der Waals surface area contributed by atoms with Gasteiger partial charge in [-0.3, -0.25) is 4.79 Å². The van der Waals surface area contributed by atoms with Crippen molar-refractivity contribution in [1.82, 2.24) is 10.6 Å². The molecule has 1 aliphatic carbocycles. The number of carboxylic acids is 1. The van der Waals surface area contributed by atoms with Crippen LogP contribution in [-0.2, 0) is 9.59 Å². The van der Waals surface area contributed by atoms with Crippen LogP contribution in [0.5, 0.6) is 0 Å². The maximum Gasteiger partial charge on any atom is 0.327 e. The van der Waals surface area contributed by atoms with Gasteiger partial charge in [-0.05, 0) is 19.1 Å². The molecule has 0 aromatic rings. The minimum Gasteiger partial charge on any atom is -0.480 e. The van der Waals surface area contributed by atoms with Crippen LogP contribution in [0.4, 0.5) is 0 Å². The van der Waals surface area contributed by atoms with Crippen LogP contribution in [0.25, 0.3) is 0 Å². The average Bonchev–Trinajstić information content (AvgIpc) is 2.34. The second-order valence-corrected chi connectivity index (χ2v) is 5.74. The molecule has 3 N–H and O–H groups in total. The summed E-state index contributed by atoms with van der Waals surface area (Å²) in [6, 6.07) is -0.490. The van der Waals surface area contributed by atoms with E-state index in [1.165, 1.54) is 26.2 Å². The summed E-state index contributed by atoms with van der Waals surface area (Å²) in [6.45, 7) is 1.62. The molecule has 1 rings (SSSR count). The predicted molar refractivity (Wildman–Crippen MR) is 72.8 cm³/mol. The van der Waals surface area contributed by atoms with Gasteiger partial charge in [0, 0.05) is 24.8 Å². The van der Waals surface area contributed by atoms with Crippen molar-refractivity contribution in [2.24, 2.45) is 0 Å². The Labute approximate surface area is 112 Å². The maximum atomic E-state index is 11.0. The Morgan fingerprint density at radius 1 is 1.39 bits per heavy atom. The molecule has 3 atom stereocenters. The van der Waals surface area contributed by atoms with Crippen LogP contribution < -0.4 is 10.6 Å². The van der Waals surface area contributed by atoms with Crippen LogP contribution >= 0.6 is 11.8 Å². The fourth-order valence-electron chi connectivity index (χ4n) is 2.33. The summed E-state index contributed by atoms with van der Waals surface area (Å²) in [6.07, 6.45) is 6.78. The third-order valence-corrected chi connectivity index (χ3v) is 4.43. The van der Waals surface area contributed by atoms with Crippen molar-refractivity contribution in [2.75, 3.05) is 12.8 Å². The summed E-state index contributed by atoms with van der Waals surface area (Å²) < 4.78 is 0. The molecule has 1 fully saturated rings. The monoisotopic (exact) mass is 274 g/mol. The van der Waals surface area contributed by atoms with Crippen molar-refractivity contribution < 1.29 is 14.7 Å². The maximum absolute atomic E-state index is 11.0. The summed E-state index contributed by atoms with van der Waals surface area (Å²) >= 11 is 1.83. The first-order chi connectivity index (χ1) is 8.54. The summed E-state index contributed by atoms with van der Waals surface area (Å²) in [5.41, 5.74) is 0. The fourth-order valence-corrected chi connectivity index (χ4v) is 3.29. The van der Waals surface area contributed by atoms with Crippen molar-refractivity contribution in [3.8, 4) is 0 Å². The number of hydrogen-bond donors (Lipinski definition) is 3. The molecule has 3 unspecified atom stereocenters. The molecule has 0 aliphatic heterocycles. The molecule has 6 heteroatoms. The van der Waals surface area contributed by atoms with Crippen LogP contribution in [0, 0.1) is 0 Å². The van der Waals surface area contributed by atoms with Crippen LogP contribution in [0.1, 0.15) is 32.6 Å². The molecule has 104 valence electrons. The van der Waals surface area contributed by atoms with Gasteiger partial charge in [0.2, 0.25) is 5.91 Å². The van der Waals surface area contributed by atoms with E-state index in [-0.39, 0.29) is 12.5 Å². The lowest BCUT2D eigenvalue weighted by Crippen LogP contribution is -2.51. The van der Waals surface area contributed by atoms with Gasteiger partial charge in [0.1, 0.15) is 6.04 Å². The van der Waals surface area contributed by atoms with Gasteiger partial charge >= 0.3 is 5.97 Å². The topological polar surface area (TPSA) is 78.4 Å².